The van der Waals surface area contributed by atoms with Crippen molar-refractivity contribution in [3.8, 4) is 11.5 Å². The second-order valence-corrected chi connectivity index (χ2v) is 7.74. The van der Waals surface area contributed by atoms with Crippen LogP contribution >= 0.6 is 11.6 Å². The van der Waals surface area contributed by atoms with Gasteiger partial charge in [0.05, 0.1) is 31.2 Å². The highest BCUT2D eigenvalue weighted by Crippen LogP contribution is 2.32. The average molecular weight is 446 g/mol. The third-order valence-corrected chi connectivity index (χ3v) is 5.53. The predicted octanol–water partition coefficient (Wildman–Crippen LogP) is 4.06. The van der Waals surface area contributed by atoms with E-state index in [4.69, 9.17) is 21.1 Å². The van der Waals surface area contributed by atoms with Gasteiger partial charge in [-0.25, -0.2) is 0 Å². The number of rotatable bonds is 7. The van der Waals surface area contributed by atoms with Crippen LogP contribution in [-0.4, -0.2) is 57.1 Å². The van der Waals surface area contributed by atoms with Crippen molar-refractivity contribution >= 4 is 34.8 Å². The maximum atomic E-state index is 13.0. The van der Waals surface area contributed by atoms with Crippen LogP contribution in [0.2, 0.25) is 5.02 Å². The molecule has 0 aromatic heterocycles. The first-order valence-electron chi connectivity index (χ1n) is 10.3. The zero-order valence-electron chi connectivity index (χ0n) is 18.1. The van der Waals surface area contributed by atoms with E-state index in [2.05, 4.69) is 10.2 Å². The molecule has 0 unspecified atom stereocenters. The quantitative estimate of drug-likeness (QED) is 0.695. The summed E-state index contributed by atoms with van der Waals surface area (Å²) >= 11 is 6.22. The molecule has 2 aromatic rings. The molecule has 0 spiro atoms. The molecule has 1 N–H and O–H groups in total. The van der Waals surface area contributed by atoms with Crippen LogP contribution < -0.4 is 19.7 Å². The minimum Gasteiger partial charge on any atom is -0.497 e. The van der Waals surface area contributed by atoms with E-state index in [0.717, 1.165) is 12.1 Å². The predicted molar refractivity (Wildman–Crippen MR) is 123 cm³/mol. The van der Waals surface area contributed by atoms with Crippen LogP contribution in [0.25, 0.3) is 0 Å². The highest BCUT2D eigenvalue weighted by Gasteiger charge is 2.23. The number of piperazine rings is 1. The van der Waals surface area contributed by atoms with Crippen molar-refractivity contribution in [1.82, 2.24) is 4.90 Å². The zero-order valence-corrected chi connectivity index (χ0v) is 18.9. The van der Waals surface area contributed by atoms with Crippen LogP contribution in [0.3, 0.4) is 0 Å². The van der Waals surface area contributed by atoms with Gasteiger partial charge in [-0.3, -0.25) is 9.59 Å². The molecule has 7 nitrogen and oxygen atoms in total. The van der Waals surface area contributed by atoms with Crippen LogP contribution in [0.15, 0.2) is 36.4 Å². The number of anilines is 2. The molecule has 31 heavy (non-hydrogen) atoms. The lowest BCUT2D eigenvalue weighted by atomic mass is 10.1. The number of halogens is 1. The van der Waals surface area contributed by atoms with Crippen molar-refractivity contribution in [2.45, 2.75) is 19.8 Å². The lowest BCUT2D eigenvalue weighted by molar-refractivity contribution is -0.131. The molecule has 1 aliphatic rings. The molecular weight excluding hydrogens is 418 g/mol. The Bertz CT molecular complexity index is 942. The molecule has 8 heteroatoms. The highest BCUT2D eigenvalue weighted by molar-refractivity contribution is 6.31. The monoisotopic (exact) mass is 445 g/mol. The maximum Gasteiger partial charge on any atom is 0.259 e. The minimum atomic E-state index is -0.306. The summed E-state index contributed by atoms with van der Waals surface area (Å²) in [5.74, 6) is 0.911. The Morgan fingerprint density at radius 2 is 1.77 bits per heavy atom. The molecule has 2 amide bonds. The van der Waals surface area contributed by atoms with Crippen LogP contribution in [0.4, 0.5) is 11.4 Å². The Morgan fingerprint density at radius 1 is 1.03 bits per heavy atom. The van der Waals surface area contributed by atoms with Crippen LogP contribution in [0, 0.1) is 0 Å². The van der Waals surface area contributed by atoms with Crippen LogP contribution in [0.1, 0.15) is 30.1 Å². The number of amides is 2. The SMILES string of the molecule is CCCC(=O)N1CCN(c2ccc(Cl)cc2NC(=O)c2ccc(OC)cc2OC)CC1. The number of carbonyl (C=O) groups is 2. The second-order valence-electron chi connectivity index (χ2n) is 7.30. The number of nitrogens with one attached hydrogen (secondary N) is 1. The summed E-state index contributed by atoms with van der Waals surface area (Å²) in [6.45, 7) is 4.69. The van der Waals surface area contributed by atoms with Gasteiger partial charge in [-0.15, -0.1) is 0 Å². The fraction of sp³-hybridized carbons (Fsp3) is 0.391. The minimum absolute atomic E-state index is 0.193. The lowest BCUT2D eigenvalue weighted by Gasteiger charge is -2.37. The average Bonchev–Trinajstić information content (AvgIpc) is 2.79. The van der Waals surface area contributed by atoms with E-state index in [1.54, 1.807) is 37.4 Å². The van der Waals surface area contributed by atoms with Gasteiger partial charge in [0.1, 0.15) is 11.5 Å². The fourth-order valence-corrected chi connectivity index (χ4v) is 3.80. The summed E-state index contributed by atoms with van der Waals surface area (Å²) in [4.78, 5) is 29.2. The fourth-order valence-electron chi connectivity index (χ4n) is 3.63. The molecule has 0 radical (unpaired) electrons. The Kier molecular flexibility index (Phi) is 7.63. The van der Waals surface area contributed by atoms with E-state index in [0.29, 0.717) is 60.4 Å². The third kappa shape index (κ3) is 5.41. The third-order valence-electron chi connectivity index (χ3n) is 5.30. The molecule has 1 aliphatic heterocycles. The first-order chi connectivity index (χ1) is 15.0. The summed E-state index contributed by atoms with van der Waals surface area (Å²) in [7, 11) is 3.07. The number of methoxy groups -OCH3 is 2. The van der Waals surface area contributed by atoms with Crippen molar-refractivity contribution in [2.24, 2.45) is 0 Å². The number of hydrogen-bond donors (Lipinski definition) is 1. The molecular formula is C23H28ClN3O4. The van der Waals surface area contributed by atoms with Gasteiger partial charge in [-0.2, -0.15) is 0 Å². The number of hydrogen-bond acceptors (Lipinski definition) is 5. The Hall–Kier alpha value is -2.93. The van der Waals surface area contributed by atoms with E-state index >= 15 is 0 Å². The molecule has 0 bridgehead atoms. The highest BCUT2D eigenvalue weighted by atomic mass is 35.5. The van der Waals surface area contributed by atoms with E-state index in [9.17, 15) is 9.59 Å². The van der Waals surface area contributed by atoms with Crippen molar-refractivity contribution in [3.05, 3.63) is 47.0 Å². The molecule has 0 aliphatic carbocycles. The topological polar surface area (TPSA) is 71.1 Å². The number of carbonyl (C=O) groups excluding carboxylic acids is 2. The Morgan fingerprint density at radius 3 is 2.42 bits per heavy atom. The van der Waals surface area contributed by atoms with E-state index < -0.39 is 0 Å². The molecule has 1 heterocycles. The number of ether oxygens (including phenoxy) is 2. The van der Waals surface area contributed by atoms with Gasteiger partial charge in [0.25, 0.3) is 5.91 Å². The zero-order chi connectivity index (χ0) is 22.4. The summed E-state index contributed by atoms with van der Waals surface area (Å²) in [6.07, 6.45) is 1.42. The summed E-state index contributed by atoms with van der Waals surface area (Å²) < 4.78 is 10.6. The first kappa shape index (κ1) is 22.7. The summed E-state index contributed by atoms with van der Waals surface area (Å²) in [5.41, 5.74) is 1.88. The molecule has 1 saturated heterocycles. The van der Waals surface area contributed by atoms with E-state index in [-0.39, 0.29) is 11.8 Å². The van der Waals surface area contributed by atoms with Crippen molar-refractivity contribution in [2.75, 3.05) is 50.6 Å². The Labute approximate surface area is 187 Å². The molecule has 1 fully saturated rings. The first-order valence-corrected chi connectivity index (χ1v) is 10.7. The molecule has 3 rings (SSSR count). The summed E-state index contributed by atoms with van der Waals surface area (Å²) in [5, 5.41) is 3.49. The molecule has 0 atom stereocenters. The van der Waals surface area contributed by atoms with Crippen molar-refractivity contribution < 1.29 is 19.1 Å². The van der Waals surface area contributed by atoms with Crippen molar-refractivity contribution in [3.63, 3.8) is 0 Å². The lowest BCUT2D eigenvalue weighted by Crippen LogP contribution is -2.48. The smallest absolute Gasteiger partial charge is 0.259 e. The maximum absolute atomic E-state index is 13.0. The van der Waals surface area contributed by atoms with Gasteiger partial charge in [0, 0.05) is 43.7 Å². The Balaban J connectivity index is 1.78. The van der Waals surface area contributed by atoms with E-state index in [1.807, 2.05) is 17.9 Å². The normalized spacial score (nSPS) is 13.7. The van der Waals surface area contributed by atoms with Gasteiger partial charge < -0.3 is 24.6 Å². The largest absolute Gasteiger partial charge is 0.497 e. The van der Waals surface area contributed by atoms with Crippen molar-refractivity contribution in [1.29, 1.82) is 0 Å². The van der Waals surface area contributed by atoms with Gasteiger partial charge in [-0.1, -0.05) is 18.5 Å². The van der Waals surface area contributed by atoms with Crippen LogP contribution in [0.5, 0.6) is 11.5 Å². The van der Waals surface area contributed by atoms with Gasteiger partial charge in [-0.05, 0) is 36.8 Å². The van der Waals surface area contributed by atoms with Gasteiger partial charge in [0.2, 0.25) is 5.91 Å². The number of benzene rings is 2. The molecule has 2 aromatic carbocycles. The summed E-state index contributed by atoms with van der Waals surface area (Å²) in [6, 6.07) is 10.5. The van der Waals surface area contributed by atoms with Gasteiger partial charge in [0.15, 0.2) is 0 Å². The second kappa shape index (κ2) is 10.4. The van der Waals surface area contributed by atoms with Crippen LogP contribution in [-0.2, 0) is 4.79 Å². The molecule has 166 valence electrons. The standard InChI is InChI=1S/C23H28ClN3O4/c1-4-5-22(28)27-12-10-26(11-13-27)20-9-6-16(24)14-19(20)25-23(29)18-8-7-17(30-2)15-21(18)31-3/h6-9,14-15H,4-5,10-13H2,1-3H3,(H,25,29). The van der Waals surface area contributed by atoms with E-state index in [1.165, 1.54) is 7.11 Å². The molecule has 0 saturated carbocycles. The number of nitrogens with zero attached hydrogens (tertiary/aromatic N) is 2. The van der Waals surface area contributed by atoms with Gasteiger partial charge >= 0.3 is 0 Å².